The van der Waals surface area contributed by atoms with Gasteiger partial charge in [0.1, 0.15) is 12.7 Å². The fraction of sp³-hybridized carbons (Fsp3) is 0. The molecule has 0 saturated carbocycles. The average Bonchev–Trinajstić information content (AvgIpc) is 2.59. The van der Waals surface area contributed by atoms with E-state index in [1.807, 2.05) is 5.38 Å². The lowest BCUT2D eigenvalue weighted by Gasteiger charge is -1.87. The van der Waals surface area contributed by atoms with Gasteiger partial charge in [0, 0.05) is 0 Å². The fourth-order valence-electron chi connectivity index (χ4n) is 0.591. The molecule has 0 aliphatic carbocycles. The maximum absolute atomic E-state index is 3.81. The molecule has 2 rings (SSSR count). The van der Waals surface area contributed by atoms with Crippen LogP contribution in [0.4, 0.5) is 0 Å². The molecule has 50 valence electrons. The van der Waals surface area contributed by atoms with Crippen LogP contribution < -0.4 is 0 Å². The first-order valence-corrected chi connectivity index (χ1v) is 3.42. The van der Waals surface area contributed by atoms with Crippen molar-refractivity contribution in [2.45, 2.75) is 0 Å². The molecule has 0 aliphatic heterocycles. The molecule has 0 aliphatic rings. The zero-order valence-corrected chi connectivity index (χ0v) is 5.69. The van der Waals surface area contributed by atoms with E-state index in [9.17, 15) is 0 Å². The lowest BCUT2D eigenvalue weighted by Crippen LogP contribution is -1.88. The van der Waals surface area contributed by atoms with E-state index in [0.29, 0.717) is 0 Å². The highest BCUT2D eigenvalue weighted by molar-refractivity contribution is 7.03. The van der Waals surface area contributed by atoms with Crippen LogP contribution in [0.15, 0.2) is 18.0 Å². The molecule has 0 saturated heterocycles. The zero-order chi connectivity index (χ0) is 6.81. The quantitative estimate of drug-likeness (QED) is 0.583. The summed E-state index contributed by atoms with van der Waals surface area (Å²) in [4.78, 5) is 0. The van der Waals surface area contributed by atoms with Crippen LogP contribution in [0.5, 0.6) is 0 Å². The van der Waals surface area contributed by atoms with Crippen molar-refractivity contribution in [2.75, 3.05) is 0 Å². The van der Waals surface area contributed by atoms with Gasteiger partial charge in [-0.3, -0.25) is 4.57 Å². The van der Waals surface area contributed by atoms with Gasteiger partial charge in [-0.1, -0.05) is 4.49 Å². The van der Waals surface area contributed by atoms with E-state index >= 15 is 0 Å². The van der Waals surface area contributed by atoms with Crippen molar-refractivity contribution in [3.8, 4) is 5.82 Å². The highest BCUT2D eigenvalue weighted by Crippen LogP contribution is 2.01. The molecule has 0 amide bonds. The summed E-state index contributed by atoms with van der Waals surface area (Å²) in [5.74, 6) is 0.759. The topological polar surface area (TPSA) is 56.5 Å². The maximum atomic E-state index is 3.81. The van der Waals surface area contributed by atoms with Crippen molar-refractivity contribution in [3.05, 3.63) is 18.0 Å². The van der Waals surface area contributed by atoms with Crippen LogP contribution in [0, 0.1) is 0 Å². The molecule has 0 N–H and O–H groups in total. The van der Waals surface area contributed by atoms with Gasteiger partial charge in [0.25, 0.3) is 0 Å². The van der Waals surface area contributed by atoms with E-state index in [2.05, 4.69) is 19.8 Å². The Bertz CT molecular complexity index is 253. The van der Waals surface area contributed by atoms with Gasteiger partial charge in [0.05, 0.1) is 5.38 Å². The molecule has 0 atom stereocenters. The Morgan fingerprint density at radius 3 is 2.70 bits per heavy atom. The highest BCUT2D eigenvalue weighted by Gasteiger charge is 1.96. The van der Waals surface area contributed by atoms with Crippen molar-refractivity contribution in [3.63, 3.8) is 0 Å². The van der Waals surface area contributed by atoms with Gasteiger partial charge in [-0.2, -0.15) is 0 Å². The number of nitrogens with zero attached hydrogens (tertiary/aromatic N) is 5. The molecule has 0 aromatic carbocycles. The van der Waals surface area contributed by atoms with Crippen LogP contribution in [0.2, 0.25) is 0 Å². The normalized spacial score (nSPS) is 10.0. The first-order valence-electron chi connectivity index (χ1n) is 2.59. The van der Waals surface area contributed by atoms with Gasteiger partial charge < -0.3 is 0 Å². The predicted molar refractivity (Wildman–Crippen MR) is 34.8 cm³/mol. The Hall–Kier alpha value is -1.30. The second-order valence-corrected chi connectivity index (χ2v) is 2.24. The van der Waals surface area contributed by atoms with Crippen LogP contribution in [-0.2, 0) is 0 Å². The smallest absolute Gasteiger partial charge is 0.174 e. The molecule has 10 heavy (non-hydrogen) atoms. The third kappa shape index (κ3) is 0.781. The molecular weight excluding hydrogens is 150 g/mol. The Morgan fingerprint density at radius 1 is 1.30 bits per heavy atom. The van der Waals surface area contributed by atoms with Crippen molar-refractivity contribution >= 4 is 11.5 Å². The van der Waals surface area contributed by atoms with Gasteiger partial charge in [0.15, 0.2) is 5.82 Å². The number of rotatable bonds is 1. The molecule has 2 heterocycles. The predicted octanol–water partition coefficient (Wildman–Crippen LogP) is 0.119. The van der Waals surface area contributed by atoms with Gasteiger partial charge >= 0.3 is 0 Å². The third-order valence-electron chi connectivity index (χ3n) is 1.03. The first-order chi connectivity index (χ1) is 4.97. The monoisotopic (exact) mass is 153 g/mol. The third-order valence-corrected chi connectivity index (χ3v) is 1.52. The summed E-state index contributed by atoms with van der Waals surface area (Å²) >= 11 is 1.30. The minimum Gasteiger partial charge on any atom is -0.270 e. The van der Waals surface area contributed by atoms with Crippen molar-refractivity contribution in [2.24, 2.45) is 0 Å². The van der Waals surface area contributed by atoms with Gasteiger partial charge in [-0.25, -0.2) is 0 Å². The zero-order valence-electron chi connectivity index (χ0n) is 4.88. The Kier molecular flexibility index (Phi) is 1.17. The molecule has 0 radical (unpaired) electrons. The second kappa shape index (κ2) is 2.14. The Labute approximate surface area is 60.5 Å². The summed E-state index contributed by atoms with van der Waals surface area (Å²) in [6, 6.07) is 0. The molecular formula is C4H3N5S. The van der Waals surface area contributed by atoms with Gasteiger partial charge in [-0.05, 0) is 11.5 Å². The molecule has 2 aromatic rings. The van der Waals surface area contributed by atoms with E-state index in [1.54, 1.807) is 17.2 Å². The van der Waals surface area contributed by atoms with Crippen molar-refractivity contribution < 1.29 is 0 Å². The number of aromatic nitrogens is 5. The van der Waals surface area contributed by atoms with Crippen LogP contribution in [0.25, 0.3) is 5.82 Å². The summed E-state index contributed by atoms with van der Waals surface area (Å²) < 4.78 is 5.39. The first kappa shape index (κ1) is 5.48. The standard InChI is InChI=1S/C4H3N5S/c1-4(7-8-10-1)9-2-5-6-3-9/h1-3H. The lowest BCUT2D eigenvalue weighted by molar-refractivity contribution is 0.963. The molecule has 0 spiro atoms. The van der Waals surface area contributed by atoms with Crippen molar-refractivity contribution in [1.29, 1.82) is 0 Å². The second-order valence-electron chi connectivity index (χ2n) is 1.63. The fourth-order valence-corrected chi connectivity index (χ4v) is 1.03. The van der Waals surface area contributed by atoms with E-state index in [4.69, 9.17) is 0 Å². The Morgan fingerprint density at radius 2 is 2.10 bits per heavy atom. The minimum absolute atomic E-state index is 0.759. The average molecular weight is 153 g/mol. The Balaban J connectivity index is 2.48. The summed E-state index contributed by atoms with van der Waals surface area (Å²) in [6.07, 6.45) is 3.16. The SMILES string of the molecule is c1snnc1-n1cnnc1. The van der Waals surface area contributed by atoms with Crippen LogP contribution >= 0.6 is 11.5 Å². The molecule has 0 fully saturated rings. The van der Waals surface area contributed by atoms with E-state index in [1.165, 1.54) is 11.5 Å². The summed E-state index contributed by atoms with van der Waals surface area (Å²) in [6.45, 7) is 0. The van der Waals surface area contributed by atoms with Gasteiger partial charge in [0.2, 0.25) is 0 Å². The summed E-state index contributed by atoms with van der Waals surface area (Å²) in [7, 11) is 0. The van der Waals surface area contributed by atoms with E-state index < -0.39 is 0 Å². The summed E-state index contributed by atoms with van der Waals surface area (Å²) in [5.41, 5.74) is 0. The van der Waals surface area contributed by atoms with Gasteiger partial charge in [-0.15, -0.1) is 15.3 Å². The highest BCUT2D eigenvalue weighted by atomic mass is 32.1. The largest absolute Gasteiger partial charge is 0.270 e. The minimum atomic E-state index is 0.759. The molecule has 0 unspecified atom stereocenters. The van der Waals surface area contributed by atoms with E-state index in [-0.39, 0.29) is 0 Å². The van der Waals surface area contributed by atoms with Crippen LogP contribution in [0.1, 0.15) is 0 Å². The molecule has 2 aromatic heterocycles. The van der Waals surface area contributed by atoms with Crippen LogP contribution in [-0.4, -0.2) is 24.4 Å². The molecule has 6 heteroatoms. The number of hydrogen-bond donors (Lipinski definition) is 0. The maximum Gasteiger partial charge on any atom is 0.174 e. The molecule has 0 bridgehead atoms. The lowest BCUT2D eigenvalue weighted by atomic mass is 10.8. The van der Waals surface area contributed by atoms with Crippen molar-refractivity contribution in [1.82, 2.24) is 24.4 Å². The summed E-state index contributed by atoms with van der Waals surface area (Å²) in [5, 5.41) is 12.9. The van der Waals surface area contributed by atoms with E-state index in [0.717, 1.165) is 5.82 Å². The number of hydrogen-bond acceptors (Lipinski definition) is 5. The molecule has 5 nitrogen and oxygen atoms in total. The van der Waals surface area contributed by atoms with Crippen LogP contribution in [0.3, 0.4) is 0 Å².